The highest BCUT2D eigenvalue weighted by molar-refractivity contribution is 5.85. The number of carbonyl (C=O) groups excluding carboxylic acids is 1. The molecule has 6 unspecified atom stereocenters. The molecule has 0 saturated heterocycles. The molecular weight excluding hydrogens is 492 g/mol. The van der Waals surface area contributed by atoms with Crippen LogP contribution in [0.3, 0.4) is 0 Å². The van der Waals surface area contributed by atoms with Crippen molar-refractivity contribution in [3.05, 3.63) is 115 Å². The van der Waals surface area contributed by atoms with Crippen molar-refractivity contribution in [2.24, 2.45) is 11.8 Å². The van der Waals surface area contributed by atoms with Crippen LogP contribution < -0.4 is 0 Å². The molecule has 6 atom stereocenters. The quantitative estimate of drug-likeness (QED) is 0.419. The average Bonchev–Trinajstić information content (AvgIpc) is 3.76. The highest BCUT2D eigenvalue weighted by atomic mass is 16.5. The third kappa shape index (κ3) is 2.95. The van der Waals surface area contributed by atoms with Gasteiger partial charge >= 0.3 is 0 Å². The van der Waals surface area contributed by atoms with Crippen molar-refractivity contribution in [1.29, 1.82) is 0 Å². The molecule has 0 radical (unpaired) electrons. The SMILES string of the molecule is O=C(C1CCC2=C(C1)C1OC2C2=C1Cc1ccccc1C2)C1CCC2=C(C1)C1OC2C2=C1Cc1ccccc1C2. The molecule has 0 saturated carbocycles. The molecule has 4 bridgehead atoms. The van der Waals surface area contributed by atoms with Crippen molar-refractivity contribution < 1.29 is 14.3 Å². The number of hydrogen-bond donors (Lipinski definition) is 0. The van der Waals surface area contributed by atoms with E-state index in [2.05, 4.69) is 48.5 Å². The smallest absolute Gasteiger partial charge is 0.139 e. The Morgan fingerprint density at radius 1 is 0.500 bits per heavy atom. The minimum absolute atomic E-state index is 0.137. The van der Waals surface area contributed by atoms with E-state index in [4.69, 9.17) is 9.47 Å². The Morgan fingerprint density at radius 3 is 1.23 bits per heavy atom. The van der Waals surface area contributed by atoms with Gasteiger partial charge < -0.3 is 9.47 Å². The minimum Gasteiger partial charge on any atom is -0.357 e. The monoisotopic (exact) mass is 526 g/mol. The van der Waals surface area contributed by atoms with Crippen molar-refractivity contribution >= 4 is 5.78 Å². The molecule has 0 amide bonds. The maximum atomic E-state index is 14.1. The Bertz CT molecular complexity index is 1540. The summed E-state index contributed by atoms with van der Waals surface area (Å²) in [6.45, 7) is 0. The van der Waals surface area contributed by atoms with Gasteiger partial charge in [0.15, 0.2) is 0 Å². The Balaban J connectivity index is 0.864. The second-order valence-corrected chi connectivity index (χ2v) is 13.5. The van der Waals surface area contributed by atoms with Gasteiger partial charge in [-0.2, -0.15) is 0 Å². The number of benzene rings is 2. The number of hydrogen-bond acceptors (Lipinski definition) is 3. The minimum atomic E-state index is 0.137. The van der Waals surface area contributed by atoms with Gasteiger partial charge in [0.05, 0.1) is 0 Å². The Kier molecular flexibility index (Phi) is 4.56. The zero-order chi connectivity index (χ0) is 26.1. The van der Waals surface area contributed by atoms with Crippen molar-refractivity contribution in [2.45, 2.75) is 88.6 Å². The van der Waals surface area contributed by atoms with Gasteiger partial charge in [-0.3, -0.25) is 4.79 Å². The van der Waals surface area contributed by atoms with E-state index in [1.165, 1.54) is 66.8 Å². The summed E-state index contributed by atoms with van der Waals surface area (Å²) in [6.07, 6.45) is 10.7. The van der Waals surface area contributed by atoms with Crippen LogP contribution in [0.1, 0.15) is 60.8 Å². The number of rotatable bonds is 2. The number of ketones is 1. The van der Waals surface area contributed by atoms with Crippen molar-refractivity contribution in [3.8, 4) is 0 Å². The van der Waals surface area contributed by atoms with Gasteiger partial charge in [0.2, 0.25) is 0 Å². The predicted octanol–water partition coefficient (Wildman–Crippen LogP) is 6.50. The zero-order valence-electron chi connectivity index (χ0n) is 22.9. The van der Waals surface area contributed by atoms with Crippen LogP contribution in [0, 0.1) is 11.8 Å². The maximum absolute atomic E-state index is 14.1. The van der Waals surface area contributed by atoms with Crippen LogP contribution in [0.4, 0.5) is 0 Å². The van der Waals surface area contributed by atoms with E-state index >= 15 is 0 Å². The first-order chi connectivity index (χ1) is 19.7. The molecule has 8 aliphatic rings. The third-order valence-electron chi connectivity index (χ3n) is 11.7. The lowest BCUT2D eigenvalue weighted by Crippen LogP contribution is -2.33. The van der Waals surface area contributed by atoms with E-state index in [9.17, 15) is 4.79 Å². The fourth-order valence-electron chi connectivity index (χ4n) is 9.84. The van der Waals surface area contributed by atoms with E-state index in [1.807, 2.05) is 0 Å². The molecule has 200 valence electrons. The van der Waals surface area contributed by atoms with E-state index in [1.54, 1.807) is 0 Å². The Hall–Kier alpha value is -3.01. The first kappa shape index (κ1) is 22.7. The van der Waals surface area contributed by atoms with Crippen LogP contribution in [0.2, 0.25) is 0 Å². The molecule has 4 heterocycles. The molecule has 0 spiro atoms. The second kappa shape index (κ2) is 8.05. The molecule has 4 aliphatic heterocycles. The summed E-state index contributed by atoms with van der Waals surface area (Å²) in [5.41, 5.74) is 18.0. The molecule has 4 aliphatic carbocycles. The maximum Gasteiger partial charge on any atom is 0.139 e. The van der Waals surface area contributed by atoms with Gasteiger partial charge in [-0.05, 0) is 131 Å². The summed E-state index contributed by atoms with van der Waals surface area (Å²) in [5.74, 6) is 0.837. The van der Waals surface area contributed by atoms with Gasteiger partial charge in [-0.25, -0.2) is 0 Å². The van der Waals surface area contributed by atoms with E-state index in [-0.39, 0.29) is 36.3 Å². The standard InChI is InChI=1S/C37H34O3/c38-33(23-9-11-25-27(17-23)36-31-15-21-7-3-1-5-19(21)13-29(31)34(25)39-36)24-10-12-26-28(18-24)37-32-16-22-8-4-2-6-20(22)14-30(32)35(26)40-37/h1-8,23-24,34-37H,9-18H2. The van der Waals surface area contributed by atoms with Crippen LogP contribution in [-0.4, -0.2) is 30.2 Å². The lowest BCUT2D eigenvalue weighted by molar-refractivity contribution is -0.127. The Labute approximate surface area is 235 Å². The predicted molar refractivity (Wildman–Crippen MR) is 153 cm³/mol. The summed E-state index contributed by atoms with van der Waals surface area (Å²) in [7, 11) is 0. The molecular formula is C37H34O3. The highest BCUT2D eigenvalue weighted by Gasteiger charge is 2.52. The molecule has 0 fully saturated rings. The fraction of sp³-hybridized carbons (Fsp3) is 0.432. The molecule has 40 heavy (non-hydrogen) atoms. The zero-order valence-corrected chi connectivity index (χ0v) is 22.9. The van der Waals surface area contributed by atoms with Crippen LogP contribution in [0.15, 0.2) is 93.1 Å². The third-order valence-corrected chi connectivity index (χ3v) is 11.7. The first-order valence-corrected chi connectivity index (χ1v) is 15.6. The number of ether oxygens (including phenoxy) is 2. The normalized spacial score (nSPS) is 34.5. The largest absolute Gasteiger partial charge is 0.357 e. The van der Waals surface area contributed by atoms with E-state index in [0.717, 1.165) is 64.2 Å². The van der Waals surface area contributed by atoms with Gasteiger partial charge in [-0.15, -0.1) is 0 Å². The summed E-state index contributed by atoms with van der Waals surface area (Å²) in [4.78, 5) is 14.1. The van der Waals surface area contributed by atoms with Crippen LogP contribution in [0.25, 0.3) is 0 Å². The molecule has 2 aromatic carbocycles. The summed E-state index contributed by atoms with van der Waals surface area (Å²) < 4.78 is 13.3. The average molecular weight is 527 g/mol. The number of Topliss-reactive ketones (excluding diaryl/α,β-unsaturated/α-hetero) is 1. The second-order valence-electron chi connectivity index (χ2n) is 13.5. The summed E-state index contributed by atoms with van der Waals surface area (Å²) in [5, 5.41) is 0. The lowest BCUT2D eigenvalue weighted by Gasteiger charge is -2.35. The van der Waals surface area contributed by atoms with E-state index < -0.39 is 0 Å². The Morgan fingerprint density at radius 2 is 0.850 bits per heavy atom. The van der Waals surface area contributed by atoms with Gasteiger partial charge in [0, 0.05) is 11.8 Å². The topological polar surface area (TPSA) is 35.5 Å². The fourth-order valence-corrected chi connectivity index (χ4v) is 9.84. The van der Waals surface area contributed by atoms with Crippen molar-refractivity contribution in [2.75, 3.05) is 0 Å². The van der Waals surface area contributed by atoms with Gasteiger partial charge in [-0.1, -0.05) is 48.5 Å². The van der Waals surface area contributed by atoms with Gasteiger partial charge in [0.25, 0.3) is 0 Å². The number of carbonyl (C=O) groups is 1. The molecule has 3 heteroatoms. The van der Waals surface area contributed by atoms with Crippen molar-refractivity contribution in [1.82, 2.24) is 0 Å². The number of fused-ring (bicyclic) bond motifs is 14. The van der Waals surface area contributed by atoms with Crippen LogP contribution in [0.5, 0.6) is 0 Å². The van der Waals surface area contributed by atoms with E-state index in [0.29, 0.717) is 5.78 Å². The molecule has 10 rings (SSSR count). The molecule has 0 N–H and O–H groups in total. The molecule has 3 nitrogen and oxygen atoms in total. The summed E-state index contributed by atoms with van der Waals surface area (Å²) in [6, 6.07) is 17.8. The molecule has 0 aromatic heterocycles. The van der Waals surface area contributed by atoms with Crippen molar-refractivity contribution in [3.63, 3.8) is 0 Å². The first-order valence-electron chi connectivity index (χ1n) is 15.6. The van der Waals surface area contributed by atoms with Gasteiger partial charge in [0.1, 0.15) is 30.2 Å². The lowest BCUT2D eigenvalue weighted by atomic mass is 9.67. The van der Waals surface area contributed by atoms with Crippen LogP contribution in [-0.2, 0) is 40.0 Å². The molecule has 2 aromatic rings. The summed E-state index contributed by atoms with van der Waals surface area (Å²) >= 11 is 0. The van der Waals surface area contributed by atoms with Crippen LogP contribution >= 0.6 is 0 Å². The highest BCUT2D eigenvalue weighted by Crippen LogP contribution is 2.55.